The standard InChI is InChI=1S/C35H33N5O4/c1-43-34-29(28-8-6-24(19-36)26-4-2-3-5-27(26)28)10-14-37-33(34)22-11-15-39(16-12-22)21-32-38-30-9-7-23(35(41)42)18-31(30)40(32)20-25-13-17-44-25/h2-10,14,18,22,25H,11-13,15-17,20-21H2,1H3,(H,41,42). The number of imidazole rings is 1. The highest BCUT2D eigenvalue weighted by atomic mass is 16.5. The number of carboxylic acid groups (broad SMARTS) is 1. The molecule has 2 aliphatic heterocycles. The molecule has 2 aromatic heterocycles. The van der Waals surface area contributed by atoms with Gasteiger partial charge in [-0.3, -0.25) is 9.88 Å². The maximum absolute atomic E-state index is 11.7. The zero-order chi connectivity index (χ0) is 30.2. The first-order valence-electron chi connectivity index (χ1n) is 15.1. The Labute approximate surface area is 255 Å². The lowest BCUT2D eigenvalue weighted by Gasteiger charge is -2.33. The molecule has 44 heavy (non-hydrogen) atoms. The lowest BCUT2D eigenvalue weighted by Crippen LogP contribution is -2.35. The van der Waals surface area contributed by atoms with Crippen molar-refractivity contribution in [2.45, 2.75) is 44.4 Å². The van der Waals surface area contributed by atoms with E-state index >= 15 is 0 Å². The SMILES string of the molecule is COc1c(-c2ccc(C#N)c3ccccc23)ccnc1C1CCN(Cc2nc3ccc(C(=O)O)cc3n2CC2CCO2)CC1. The Kier molecular flexibility index (Phi) is 7.46. The molecule has 1 atom stereocenters. The summed E-state index contributed by atoms with van der Waals surface area (Å²) < 4.78 is 13.9. The molecule has 2 aliphatic rings. The number of piperidine rings is 1. The van der Waals surface area contributed by atoms with Gasteiger partial charge in [-0.05, 0) is 73.6 Å². The predicted molar refractivity (Wildman–Crippen MR) is 167 cm³/mol. The van der Waals surface area contributed by atoms with Gasteiger partial charge in [-0.2, -0.15) is 5.26 Å². The van der Waals surface area contributed by atoms with Crippen LogP contribution >= 0.6 is 0 Å². The fourth-order valence-electron chi connectivity index (χ4n) is 6.64. The number of hydrogen-bond acceptors (Lipinski definition) is 7. The van der Waals surface area contributed by atoms with Crippen LogP contribution in [0.15, 0.2) is 66.9 Å². The molecule has 0 radical (unpaired) electrons. The topological polar surface area (TPSA) is 114 Å². The number of carbonyl (C=O) groups is 1. The van der Waals surface area contributed by atoms with Gasteiger partial charge in [-0.15, -0.1) is 0 Å². The van der Waals surface area contributed by atoms with Gasteiger partial charge < -0.3 is 19.1 Å². The minimum atomic E-state index is -0.941. The van der Waals surface area contributed by atoms with Crippen LogP contribution in [-0.2, 0) is 17.8 Å². The lowest BCUT2D eigenvalue weighted by molar-refractivity contribution is -0.0592. The smallest absolute Gasteiger partial charge is 0.335 e. The molecule has 5 aromatic rings. The summed E-state index contributed by atoms with van der Waals surface area (Å²) in [6.07, 6.45) is 4.84. The highest BCUT2D eigenvalue weighted by Gasteiger charge is 2.28. The molecule has 4 heterocycles. The molecule has 1 N–H and O–H groups in total. The molecule has 1 unspecified atom stereocenters. The summed E-state index contributed by atoms with van der Waals surface area (Å²) in [4.78, 5) is 23.8. The summed E-state index contributed by atoms with van der Waals surface area (Å²) in [5.74, 6) is 1.02. The van der Waals surface area contributed by atoms with Crippen LogP contribution in [0.4, 0.5) is 0 Å². The van der Waals surface area contributed by atoms with E-state index in [1.807, 2.05) is 42.6 Å². The number of ether oxygens (including phenoxy) is 2. The van der Waals surface area contributed by atoms with Crippen LogP contribution in [0.1, 0.15) is 52.6 Å². The molecule has 2 saturated heterocycles. The highest BCUT2D eigenvalue weighted by Crippen LogP contribution is 2.42. The zero-order valence-electron chi connectivity index (χ0n) is 24.6. The summed E-state index contributed by atoms with van der Waals surface area (Å²) in [5.41, 5.74) is 5.53. The molecule has 0 saturated carbocycles. The van der Waals surface area contributed by atoms with Gasteiger partial charge in [0.25, 0.3) is 0 Å². The van der Waals surface area contributed by atoms with Gasteiger partial charge in [-0.1, -0.05) is 30.3 Å². The van der Waals surface area contributed by atoms with Crippen molar-refractivity contribution in [3.05, 3.63) is 89.5 Å². The van der Waals surface area contributed by atoms with Crippen LogP contribution in [-0.4, -0.2) is 63.4 Å². The number of aromatic carboxylic acids is 1. The van der Waals surface area contributed by atoms with E-state index in [0.29, 0.717) is 18.7 Å². The van der Waals surface area contributed by atoms with E-state index in [4.69, 9.17) is 19.4 Å². The Morgan fingerprint density at radius 1 is 1.07 bits per heavy atom. The Bertz CT molecular complexity index is 1910. The zero-order valence-corrected chi connectivity index (χ0v) is 24.6. The quantitative estimate of drug-likeness (QED) is 0.235. The normalized spacial score (nSPS) is 17.4. The van der Waals surface area contributed by atoms with Crippen molar-refractivity contribution >= 4 is 27.8 Å². The third kappa shape index (κ3) is 5.06. The molecule has 0 aliphatic carbocycles. The summed E-state index contributed by atoms with van der Waals surface area (Å²) in [6.45, 7) is 3.87. The monoisotopic (exact) mass is 587 g/mol. The van der Waals surface area contributed by atoms with Gasteiger partial charge in [0.2, 0.25) is 0 Å². The van der Waals surface area contributed by atoms with Crippen molar-refractivity contribution in [3.8, 4) is 22.9 Å². The maximum Gasteiger partial charge on any atom is 0.335 e. The van der Waals surface area contributed by atoms with E-state index < -0.39 is 5.97 Å². The maximum atomic E-state index is 11.7. The number of rotatable bonds is 8. The summed E-state index contributed by atoms with van der Waals surface area (Å²) in [7, 11) is 1.71. The molecule has 9 nitrogen and oxygen atoms in total. The first kappa shape index (κ1) is 28.0. The van der Waals surface area contributed by atoms with Crippen molar-refractivity contribution in [2.24, 2.45) is 0 Å². The second kappa shape index (κ2) is 11.7. The summed E-state index contributed by atoms with van der Waals surface area (Å²) in [6, 6.07) is 21.3. The third-order valence-electron chi connectivity index (χ3n) is 9.06. The van der Waals surface area contributed by atoms with Crippen molar-refractivity contribution in [3.63, 3.8) is 0 Å². The van der Waals surface area contributed by atoms with Crippen LogP contribution in [0.2, 0.25) is 0 Å². The number of likely N-dealkylation sites (tertiary alicyclic amines) is 1. The fraction of sp³-hybridized carbons (Fsp3) is 0.314. The minimum Gasteiger partial charge on any atom is -0.494 e. The number of benzene rings is 3. The summed E-state index contributed by atoms with van der Waals surface area (Å²) in [5, 5.41) is 21.1. The molecule has 0 amide bonds. The molecule has 222 valence electrons. The van der Waals surface area contributed by atoms with Crippen molar-refractivity contribution in [2.75, 3.05) is 26.8 Å². The molecule has 2 fully saturated rings. The first-order valence-corrected chi connectivity index (χ1v) is 15.1. The van der Waals surface area contributed by atoms with Crippen LogP contribution in [0.5, 0.6) is 5.75 Å². The number of pyridine rings is 1. The second-order valence-electron chi connectivity index (χ2n) is 11.6. The molecule has 7 rings (SSSR count). The average Bonchev–Trinajstić information content (AvgIpc) is 3.37. The third-order valence-corrected chi connectivity index (χ3v) is 9.06. The van der Waals surface area contributed by atoms with Crippen molar-refractivity contribution in [1.82, 2.24) is 19.4 Å². The number of fused-ring (bicyclic) bond motifs is 2. The van der Waals surface area contributed by atoms with Crippen LogP contribution in [0.3, 0.4) is 0 Å². The number of methoxy groups -OCH3 is 1. The van der Waals surface area contributed by atoms with Crippen molar-refractivity contribution in [1.29, 1.82) is 5.26 Å². The van der Waals surface area contributed by atoms with E-state index in [2.05, 4.69) is 21.6 Å². The van der Waals surface area contributed by atoms with E-state index in [0.717, 1.165) is 89.2 Å². The van der Waals surface area contributed by atoms with Gasteiger partial charge in [-0.25, -0.2) is 9.78 Å². The molecule has 0 spiro atoms. The van der Waals surface area contributed by atoms with Gasteiger partial charge in [0.1, 0.15) is 11.6 Å². The van der Waals surface area contributed by atoms with E-state index in [9.17, 15) is 15.2 Å². The predicted octanol–water partition coefficient (Wildman–Crippen LogP) is 6.00. The van der Waals surface area contributed by atoms with Crippen LogP contribution in [0, 0.1) is 11.3 Å². The molecule has 9 heteroatoms. The Balaban J connectivity index is 1.13. The summed E-state index contributed by atoms with van der Waals surface area (Å²) >= 11 is 0. The largest absolute Gasteiger partial charge is 0.494 e. The van der Waals surface area contributed by atoms with E-state index in [1.54, 1.807) is 25.3 Å². The number of nitriles is 1. The van der Waals surface area contributed by atoms with Gasteiger partial charge in [0.05, 0.1) is 60.2 Å². The van der Waals surface area contributed by atoms with E-state index in [-0.39, 0.29) is 17.6 Å². The number of nitrogens with zero attached hydrogens (tertiary/aromatic N) is 5. The molecule has 0 bridgehead atoms. The van der Waals surface area contributed by atoms with Crippen molar-refractivity contribution < 1.29 is 19.4 Å². The minimum absolute atomic E-state index is 0.129. The number of aromatic nitrogens is 3. The molecular weight excluding hydrogens is 554 g/mol. The number of hydrogen-bond donors (Lipinski definition) is 1. The first-order chi connectivity index (χ1) is 21.5. The second-order valence-corrected chi connectivity index (χ2v) is 11.6. The molecule has 3 aromatic carbocycles. The van der Waals surface area contributed by atoms with Crippen LogP contribution < -0.4 is 4.74 Å². The number of carboxylic acids is 1. The Morgan fingerprint density at radius 2 is 1.86 bits per heavy atom. The van der Waals surface area contributed by atoms with Gasteiger partial charge >= 0.3 is 5.97 Å². The van der Waals surface area contributed by atoms with Gasteiger partial charge in [0, 0.05) is 29.7 Å². The highest BCUT2D eigenvalue weighted by molar-refractivity contribution is 6.01. The van der Waals surface area contributed by atoms with Gasteiger partial charge in [0.15, 0.2) is 0 Å². The average molecular weight is 588 g/mol. The van der Waals surface area contributed by atoms with Crippen LogP contribution in [0.25, 0.3) is 32.9 Å². The fourth-order valence-corrected chi connectivity index (χ4v) is 6.64. The Hall–Kier alpha value is -4.78. The Morgan fingerprint density at radius 3 is 2.57 bits per heavy atom. The molecular formula is C35H33N5O4. The lowest BCUT2D eigenvalue weighted by atomic mass is 9.89. The van der Waals surface area contributed by atoms with E-state index in [1.165, 1.54) is 0 Å².